The van der Waals surface area contributed by atoms with Gasteiger partial charge < -0.3 is 19.3 Å². The lowest BCUT2D eigenvalue weighted by Gasteiger charge is -2.37. The summed E-state index contributed by atoms with van der Waals surface area (Å²) in [6, 6.07) is 15.0. The normalized spacial score (nSPS) is 21.2. The predicted molar refractivity (Wildman–Crippen MR) is 123 cm³/mol. The first kappa shape index (κ1) is 22.3. The molecule has 2 aromatic rings. The average molecular weight is 435 g/mol. The van der Waals surface area contributed by atoms with Crippen LogP contribution in [0.3, 0.4) is 0 Å². The number of fused-ring (bicyclic) bond motifs is 3. The zero-order valence-electron chi connectivity index (χ0n) is 18.5. The number of carbonyl (C=O) groups excluding carboxylic acids is 1. The average Bonchev–Trinajstić information content (AvgIpc) is 3.19. The highest BCUT2D eigenvalue weighted by Gasteiger charge is 2.38. The number of ether oxygens (including phenoxy) is 3. The fourth-order valence-electron chi connectivity index (χ4n) is 4.71. The number of aliphatic hydroxyl groups excluding tert-OH is 1. The van der Waals surface area contributed by atoms with Crippen molar-refractivity contribution in [2.45, 2.75) is 38.4 Å². The van der Waals surface area contributed by atoms with Gasteiger partial charge in [-0.2, -0.15) is 0 Å². The van der Waals surface area contributed by atoms with E-state index in [1.54, 1.807) is 0 Å². The van der Waals surface area contributed by atoms with Crippen molar-refractivity contribution in [3.63, 3.8) is 0 Å². The molecule has 0 radical (unpaired) electrons. The van der Waals surface area contributed by atoms with Crippen molar-refractivity contribution in [3.05, 3.63) is 83.6 Å². The molecule has 5 heteroatoms. The van der Waals surface area contributed by atoms with Gasteiger partial charge in [0, 0.05) is 25.0 Å². The molecule has 5 nitrogen and oxygen atoms in total. The minimum Gasteiger partial charge on any atom is -0.457 e. The molecule has 3 atom stereocenters. The molecule has 0 aromatic heterocycles. The SMILES string of the molecule is C=CCOC(=O)C1=C[C@H](c2ccc3c(c2)Cc2ccccc2-3)[C@H](CCCO)[C@H](OCC)O1. The summed E-state index contributed by atoms with van der Waals surface area (Å²) in [6.07, 6.45) is 5.05. The quantitative estimate of drug-likeness (QED) is 0.389. The number of hydrogen-bond donors (Lipinski definition) is 1. The molecule has 0 saturated heterocycles. The Labute approximate surface area is 189 Å². The summed E-state index contributed by atoms with van der Waals surface area (Å²) in [5.74, 6) is -0.472. The molecule has 2 aromatic carbocycles. The third-order valence-electron chi connectivity index (χ3n) is 6.15. The maximum absolute atomic E-state index is 12.6. The lowest BCUT2D eigenvalue weighted by atomic mass is 9.80. The van der Waals surface area contributed by atoms with Gasteiger partial charge in [0.2, 0.25) is 12.0 Å². The number of esters is 1. The highest BCUT2D eigenvalue weighted by Crippen LogP contribution is 2.43. The topological polar surface area (TPSA) is 65.0 Å². The Balaban J connectivity index is 1.71. The maximum atomic E-state index is 12.6. The van der Waals surface area contributed by atoms with Gasteiger partial charge in [-0.3, -0.25) is 0 Å². The Bertz CT molecular complexity index is 1010. The van der Waals surface area contributed by atoms with Crippen molar-refractivity contribution in [1.29, 1.82) is 0 Å². The predicted octanol–water partition coefficient (Wildman–Crippen LogP) is 4.74. The lowest BCUT2D eigenvalue weighted by Crippen LogP contribution is -2.37. The van der Waals surface area contributed by atoms with Crippen LogP contribution < -0.4 is 0 Å². The molecule has 0 amide bonds. The second-order valence-corrected chi connectivity index (χ2v) is 8.17. The Morgan fingerprint density at radius 3 is 2.81 bits per heavy atom. The molecule has 0 spiro atoms. The first-order valence-corrected chi connectivity index (χ1v) is 11.3. The van der Waals surface area contributed by atoms with Gasteiger partial charge in [-0.15, -0.1) is 0 Å². The maximum Gasteiger partial charge on any atom is 0.373 e. The first-order chi connectivity index (χ1) is 15.7. The summed E-state index contributed by atoms with van der Waals surface area (Å²) in [5.41, 5.74) is 6.28. The van der Waals surface area contributed by atoms with Gasteiger partial charge in [-0.1, -0.05) is 55.1 Å². The van der Waals surface area contributed by atoms with Gasteiger partial charge in [-0.25, -0.2) is 4.79 Å². The molecule has 1 N–H and O–H groups in total. The first-order valence-electron chi connectivity index (χ1n) is 11.3. The molecule has 0 fully saturated rings. The standard InChI is InChI=1S/C27H30O5/c1-3-14-31-26(29)25-17-24(23(10-7-13-28)27(32-25)30-4-2)19-11-12-22-20(16-19)15-18-8-5-6-9-21(18)22/h3,5-6,8-9,11-12,16-17,23-24,27-28H,1,4,7,10,13-15H2,2H3/t23-,24+,27+/m0/s1. The van der Waals surface area contributed by atoms with Crippen LogP contribution in [0, 0.1) is 5.92 Å². The van der Waals surface area contributed by atoms with Crippen LogP contribution in [0.4, 0.5) is 0 Å². The van der Waals surface area contributed by atoms with Crippen molar-refractivity contribution >= 4 is 5.97 Å². The monoisotopic (exact) mass is 434 g/mol. The molecule has 0 bridgehead atoms. The second kappa shape index (κ2) is 10.2. The molecule has 0 saturated carbocycles. The Hall–Kier alpha value is -2.89. The Morgan fingerprint density at radius 1 is 1.22 bits per heavy atom. The van der Waals surface area contributed by atoms with E-state index < -0.39 is 12.3 Å². The van der Waals surface area contributed by atoms with Crippen LogP contribution >= 0.6 is 0 Å². The Morgan fingerprint density at radius 2 is 2.03 bits per heavy atom. The summed E-state index contributed by atoms with van der Waals surface area (Å²) in [4.78, 5) is 12.6. The number of hydrogen-bond acceptors (Lipinski definition) is 5. The number of benzene rings is 2. The highest BCUT2D eigenvalue weighted by molar-refractivity contribution is 5.86. The molecule has 1 aliphatic carbocycles. The van der Waals surface area contributed by atoms with E-state index in [1.807, 2.05) is 13.0 Å². The van der Waals surface area contributed by atoms with Crippen LogP contribution in [-0.2, 0) is 25.4 Å². The number of rotatable bonds is 9. The van der Waals surface area contributed by atoms with Crippen molar-refractivity contribution in [3.8, 4) is 11.1 Å². The molecular weight excluding hydrogens is 404 g/mol. The fourth-order valence-corrected chi connectivity index (χ4v) is 4.71. The summed E-state index contributed by atoms with van der Waals surface area (Å²) in [6.45, 7) is 6.18. The zero-order chi connectivity index (χ0) is 22.5. The van der Waals surface area contributed by atoms with E-state index in [2.05, 4.69) is 49.0 Å². The van der Waals surface area contributed by atoms with Crippen molar-refractivity contribution in [2.75, 3.05) is 19.8 Å². The molecule has 0 unspecified atom stereocenters. The van der Waals surface area contributed by atoms with Crippen LogP contribution in [0.25, 0.3) is 11.1 Å². The lowest BCUT2D eigenvalue weighted by molar-refractivity contribution is -0.175. The molecular formula is C27H30O5. The molecule has 1 aliphatic heterocycles. The van der Waals surface area contributed by atoms with Crippen LogP contribution in [0.1, 0.15) is 42.4 Å². The van der Waals surface area contributed by atoms with Gasteiger partial charge in [0.05, 0.1) is 0 Å². The smallest absolute Gasteiger partial charge is 0.373 e. The van der Waals surface area contributed by atoms with E-state index >= 15 is 0 Å². The second-order valence-electron chi connectivity index (χ2n) is 8.17. The third-order valence-corrected chi connectivity index (χ3v) is 6.15. The van der Waals surface area contributed by atoms with Crippen LogP contribution in [-0.4, -0.2) is 37.2 Å². The third kappa shape index (κ3) is 4.50. The minimum absolute atomic E-state index is 0.0279. The van der Waals surface area contributed by atoms with Crippen molar-refractivity contribution in [1.82, 2.24) is 0 Å². The molecule has 4 rings (SSSR count). The van der Waals surface area contributed by atoms with Gasteiger partial charge in [0.15, 0.2) is 0 Å². The van der Waals surface area contributed by atoms with E-state index in [1.165, 1.54) is 28.3 Å². The van der Waals surface area contributed by atoms with Gasteiger partial charge in [-0.05, 0) is 60.1 Å². The van der Waals surface area contributed by atoms with Crippen LogP contribution in [0.2, 0.25) is 0 Å². The van der Waals surface area contributed by atoms with E-state index in [0.29, 0.717) is 19.4 Å². The van der Waals surface area contributed by atoms with Crippen molar-refractivity contribution < 1.29 is 24.1 Å². The summed E-state index contributed by atoms with van der Waals surface area (Å²) in [5, 5.41) is 9.45. The van der Waals surface area contributed by atoms with Gasteiger partial charge in [0.25, 0.3) is 0 Å². The van der Waals surface area contributed by atoms with E-state index in [4.69, 9.17) is 14.2 Å². The van der Waals surface area contributed by atoms with E-state index in [9.17, 15) is 9.90 Å². The van der Waals surface area contributed by atoms with Crippen molar-refractivity contribution in [2.24, 2.45) is 5.92 Å². The zero-order valence-corrected chi connectivity index (χ0v) is 18.5. The number of allylic oxidation sites excluding steroid dienone is 1. The Kier molecular flexibility index (Phi) is 7.08. The fraction of sp³-hybridized carbons (Fsp3) is 0.370. The van der Waals surface area contributed by atoms with Crippen LogP contribution in [0.15, 0.2) is 67.0 Å². The minimum atomic E-state index is -0.585. The van der Waals surface area contributed by atoms with E-state index in [0.717, 1.165) is 12.0 Å². The van der Waals surface area contributed by atoms with Crippen LogP contribution in [0.5, 0.6) is 0 Å². The van der Waals surface area contributed by atoms with Gasteiger partial charge in [0.1, 0.15) is 6.61 Å². The van der Waals surface area contributed by atoms with E-state index in [-0.39, 0.29) is 30.8 Å². The number of aliphatic hydroxyl groups is 1. The molecule has 168 valence electrons. The number of carbonyl (C=O) groups is 1. The summed E-state index contributed by atoms with van der Waals surface area (Å²) in [7, 11) is 0. The largest absolute Gasteiger partial charge is 0.457 e. The summed E-state index contributed by atoms with van der Waals surface area (Å²) < 4.78 is 17.1. The molecule has 1 heterocycles. The summed E-state index contributed by atoms with van der Waals surface area (Å²) >= 11 is 0. The molecule has 2 aliphatic rings. The highest BCUT2D eigenvalue weighted by atomic mass is 16.7. The molecule has 32 heavy (non-hydrogen) atoms. The van der Waals surface area contributed by atoms with Gasteiger partial charge >= 0.3 is 5.97 Å².